The van der Waals surface area contributed by atoms with Gasteiger partial charge in [0.1, 0.15) is 11.1 Å². The van der Waals surface area contributed by atoms with Gasteiger partial charge in [-0.3, -0.25) is 0 Å². The van der Waals surface area contributed by atoms with E-state index in [2.05, 4.69) is 11.1 Å². The zero-order valence-corrected chi connectivity index (χ0v) is 14.5. The number of allylic oxidation sites excluding steroid dienone is 1. The van der Waals surface area contributed by atoms with E-state index in [9.17, 15) is 10.4 Å². The summed E-state index contributed by atoms with van der Waals surface area (Å²) in [6.45, 7) is 2.31. The molecule has 0 radical (unpaired) electrons. The van der Waals surface area contributed by atoms with Gasteiger partial charge in [0.2, 0.25) is 0 Å². The highest BCUT2D eigenvalue weighted by atomic mass is 32.1. The zero-order valence-electron chi connectivity index (χ0n) is 12.9. The van der Waals surface area contributed by atoms with Crippen molar-refractivity contribution in [3.63, 3.8) is 0 Å². The fourth-order valence-electron chi connectivity index (χ4n) is 2.14. The summed E-state index contributed by atoms with van der Waals surface area (Å²) in [5.41, 5.74) is 2.14. The topological polar surface area (TPSA) is 66.1 Å². The molecular weight excluding hydrogens is 340 g/mol. The Bertz CT molecular complexity index is 905. The maximum Gasteiger partial charge on any atom is 0.161 e. The number of aromatic nitrogens is 1. The Hall–Kier alpha value is -2.62. The molecule has 0 atom stereocenters. The van der Waals surface area contributed by atoms with Crippen LogP contribution in [-0.2, 0) is 0 Å². The first-order valence-corrected chi connectivity index (χ1v) is 9.04. The van der Waals surface area contributed by atoms with Crippen molar-refractivity contribution in [2.75, 3.05) is 6.61 Å². The van der Waals surface area contributed by atoms with Crippen molar-refractivity contribution in [3.8, 4) is 28.1 Å². The van der Waals surface area contributed by atoms with Crippen molar-refractivity contribution in [1.29, 1.82) is 5.26 Å². The third-order valence-electron chi connectivity index (χ3n) is 3.22. The standard InChI is InChI=1S/C18H14N2O2S2/c1-2-22-16-9-12(5-6-15(16)21)8-13(10-19)18-20-14(11-24-18)17-4-3-7-23-17/h3-9,11,21H,2H2,1H3/b13-8+. The van der Waals surface area contributed by atoms with Crippen LogP contribution >= 0.6 is 22.7 Å². The fourth-order valence-corrected chi connectivity index (χ4v) is 3.68. The summed E-state index contributed by atoms with van der Waals surface area (Å²) in [6.07, 6.45) is 1.75. The number of thiophene rings is 1. The first kappa shape index (κ1) is 16.2. The molecule has 2 aromatic heterocycles. The lowest BCUT2D eigenvalue weighted by molar-refractivity contribution is 0.318. The number of aromatic hydroxyl groups is 1. The van der Waals surface area contributed by atoms with Gasteiger partial charge in [0.15, 0.2) is 11.5 Å². The maximum atomic E-state index is 9.76. The minimum atomic E-state index is 0.0849. The van der Waals surface area contributed by atoms with Crippen LogP contribution in [0.25, 0.3) is 22.2 Å². The molecule has 4 nitrogen and oxygen atoms in total. The monoisotopic (exact) mass is 354 g/mol. The fraction of sp³-hybridized carbons (Fsp3) is 0.111. The molecule has 3 rings (SSSR count). The first-order valence-electron chi connectivity index (χ1n) is 7.28. The number of hydrogen-bond donors (Lipinski definition) is 1. The lowest BCUT2D eigenvalue weighted by Crippen LogP contribution is -1.92. The molecule has 3 aromatic rings. The highest BCUT2D eigenvalue weighted by Crippen LogP contribution is 2.31. The molecule has 0 aliphatic rings. The molecule has 0 spiro atoms. The summed E-state index contributed by atoms with van der Waals surface area (Å²) >= 11 is 3.06. The van der Waals surface area contributed by atoms with Crippen LogP contribution in [0.1, 0.15) is 17.5 Å². The van der Waals surface area contributed by atoms with Gasteiger partial charge in [-0.05, 0) is 42.1 Å². The van der Waals surface area contributed by atoms with E-state index in [1.807, 2.05) is 29.8 Å². The molecule has 0 aliphatic heterocycles. The molecule has 6 heteroatoms. The van der Waals surface area contributed by atoms with Gasteiger partial charge in [-0.2, -0.15) is 5.26 Å². The molecule has 0 bridgehead atoms. The summed E-state index contributed by atoms with van der Waals surface area (Å²) < 4.78 is 5.38. The molecular formula is C18H14N2O2S2. The van der Waals surface area contributed by atoms with Crippen LogP contribution in [0, 0.1) is 11.3 Å². The molecule has 2 heterocycles. The number of nitriles is 1. The van der Waals surface area contributed by atoms with E-state index in [4.69, 9.17) is 4.74 Å². The molecule has 120 valence electrons. The number of phenolic OH excluding ortho intramolecular Hbond substituents is 1. The van der Waals surface area contributed by atoms with Gasteiger partial charge in [-0.1, -0.05) is 12.1 Å². The van der Waals surface area contributed by atoms with Crippen molar-refractivity contribution in [3.05, 3.63) is 51.7 Å². The molecule has 0 aliphatic carbocycles. The van der Waals surface area contributed by atoms with Crippen LogP contribution in [0.15, 0.2) is 41.1 Å². The lowest BCUT2D eigenvalue weighted by Gasteiger charge is -2.06. The van der Waals surface area contributed by atoms with E-state index in [1.165, 1.54) is 11.3 Å². The summed E-state index contributed by atoms with van der Waals surface area (Å²) in [6, 6.07) is 11.2. The third-order valence-corrected chi connectivity index (χ3v) is 4.99. The van der Waals surface area contributed by atoms with Gasteiger partial charge >= 0.3 is 0 Å². The molecule has 24 heavy (non-hydrogen) atoms. The van der Waals surface area contributed by atoms with Crippen LogP contribution in [-0.4, -0.2) is 16.7 Å². The molecule has 0 fully saturated rings. The molecule has 1 N–H and O–H groups in total. The zero-order chi connectivity index (χ0) is 16.9. The molecule has 0 saturated carbocycles. The second-order valence-electron chi connectivity index (χ2n) is 4.85. The van der Waals surface area contributed by atoms with E-state index in [0.29, 0.717) is 22.9 Å². The van der Waals surface area contributed by atoms with Crippen LogP contribution in [0.2, 0.25) is 0 Å². The van der Waals surface area contributed by atoms with Crippen LogP contribution in [0.4, 0.5) is 0 Å². The van der Waals surface area contributed by atoms with Gasteiger partial charge in [0.25, 0.3) is 0 Å². The predicted molar refractivity (Wildman–Crippen MR) is 98.2 cm³/mol. The van der Waals surface area contributed by atoms with Crippen molar-refractivity contribution in [1.82, 2.24) is 4.98 Å². The number of phenols is 1. The number of thiazole rings is 1. The van der Waals surface area contributed by atoms with Crippen molar-refractivity contribution in [2.45, 2.75) is 6.92 Å². The largest absolute Gasteiger partial charge is 0.504 e. The number of ether oxygens (including phenoxy) is 1. The first-order chi connectivity index (χ1) is 11.7. The van der Waals surface area contributed by atoms with Gasteiger partial charge in [0.05, 0.1) is 22.8 Å². The van der Waals surface area contributed by atoms with E-state index < -0.39 is 0 Å². The van der Waals surface area contributed by atoms with Crippen LogP contribution in [0.3, 0.4) is 0 Å². The summed E-state index contributed by atoms with van der Waals surface area (Å²) in [7, 11) is 0. The van der Waals surface area contributed by atoms with Crippen LogP contribution in [0.5, 0.6) is 11.5 Å². The van der Waals surface area contributed by atoms with E-state index in [0.717, 1.165) is 16.1 Å². The van der Waals surface area contributed by atoms with Crippen LogP contribution < -0.4 is 4.74 Å². The summed E-state index contributed by atoms with van der Waals surface area (Å²) in [5.74, 6) is 0.490. The van der Waals surface area contributed by atoms with Crippen molar-refractivity contribution in [2.24, 2.45) is 0 Å². The molecule has 0 amide bonds. The second kappa shape index (κ2) is 7.30. The third kappa shape index (κ3) is 3.48. The van der Waals surface area contributed by atoms with Gasteiger partial charge in [0, 0.05) is 5.38 Å². The average Bonchev–Trinajstić information content (AvgIpc) is 3.26. The van der Waals surface area contributed by atoms with Gasteiger partial charge in [-0.25, -0.2) is 4.98 Å². The van der Waals surface area contributed by atoms with E-state index >= 15 is 0 Å². The quantitative estimate of drug-likeness (QED) is 0.652. The van der Waals surface area contributed by atoms with Crippen molar-refractivity contribution < 1.29 is 9.84 Å². The van der Waals surface area contributed by atoms with Gasteiger partial charge in [-0.15, -0.1) is 22.7 Å². The average molecular weight is 354 g/mol. The normalized spacial score (nSPS) is 11.2. The Labute approximate surface area is 147 Å². The maximum absolute atomic E-state index is 9.76. The van der Waals surface area contributed by atoms with E-state index in [-0.39, 0.29) is 5.75 Å². The molecule has 1 aromatic carbocycles. The number of nitrogens with zero attached hydrogens (tertiary/aromatic N) is 2. The second-order valence-corrected chi connectivity index (χ2v) is 6.65. The Kier molecular flexibility index (Phi) is 4.94. The summed E-state index contributed by atoms with van der Waals surface area (Å²) in [5, 5.41) is 23.9. The Morgan fingerprint density at radius 2 is 2.25 bits per heavy atom. The highest BCUT2D eigenvalue weighted by Gasteiger charge is 2.10. The molecule has 0 saturated heterocycles. The molecule has 0 unspecified atom stereocenters. The Balaban J connectivity index is 1.93. The Morgan fingerprint density at radius 1 is 1.38 bits per heavy atom. The summed E-state index contributed by atoms with van der Waals surface area (Å²) in [4.78, 5) is 5.64. The smallest absolute Gasteiger partial charge is 0.161 e. The number of hydrogen-bond acceptors (Lipinski definition) is 6. The number of rotatable bonds is 5. The van der Waals surface area contributed by atoms with Gasteiger partial charge < -0.3 is 9.84 Å². The lowest BCUT2D eigenvalue weighted by atomic mass is 10.1. The minimum absolute atomic E-state index is 0.0849. The minimum Gasteiger partial charge on any atom is -0.504 e. The SMILES string of the molecule is CCOc1cc(/C=C(\C#N)c2nc(-c3cccs3)cs2)ccc1O. The van der Waals surface area contributed by atoms with E-state index in [1.54, 1.807) is 35.6 Å². The predicted octanol–water partition coefficient (Wildman–Crippen LogP) is 5.04. The highest BCUT2D eigenvalue weighted by molar-refractivity contribution is 7.14. The van der Waals surface area contributed by atoms with Crippen molar-refractivity contribution >= 4 is 34.3 Å². The Morgan fingerprint density at radius 3 is 2.96 bits per heavy atom. The number of benzene rings is 1.